The van der Waals surface area contributed by atoms with E-state index >= 15 is 0 Å². The molecule has 0 atom stereocenters. The molecule has 122 valence electrons. The first-order chi connectivity index (χ1) is 11.0. The van der Waals surface area contributed by atoms with Crippen molar-refractivity contribution in [3.8, 4) is 0 Å². The van der Waals surface area contributed by atoms with E-state index in [0.717, 1.165) is 18.7 Å². The fraction of sp³-hybridized carbons (Fsp3) is 0.350. The van der Waals surface area contributed by atoms with Gasteiger partial charge < -0.3 is 4.90 Å². The lowest BCUT2D eigenvalue weighted by molar-refractivity contribution is 0.552. The van der Waals surface area contributed by atoms with Gasteiger partial charge in [0.1, 0.15) is 0 Å². The monoisotopic (exact) mass is 326 g/mol. The maximum absolute atomic E-state index is 4.62. The minimum absolute atomic E-state index is 0.963. The zero-order valence-electron chi connectivity index (χ0n) is 14.8. The molecule has 0 saturated carbocycles. The molecule has 0 heterocycles. The minimum atomic E-state index is 0.963. The molecule has 23 heavy (non-hydrogen) atoms. The Morgan fingerprint density at radius 1 is 1.09 bits per heavy atom. The van der Waals surface area contributed by atoms with Crippen LogP contribution in [0.4, 0.5) is 5.69 Å². The molecular weight excluding hydrogens is 300 g/mol. The minimum Gasteiger partial charge on any atom is -0.366 e. The summed E-state index contributed by atoms with van der Waals surface area (Å²) in [5.74, 6) is 0. The van der Waals surface area contributed by atoms with E-state index in [2.05, 4.69) is 73.3 Å². The molecule has 0 aliphatic heterocycles. The summed E-state index contributed by atoms with van der Waals surface area (Å²) in [6.07, 6.45) is 5.02. The van der Waals surface area contributed by atoms with Crippen LogP contribution in [0.3, 0.4) is 0 Å². The fourth-order valence-corrected chi connectivity index (χ4v) is 3.10. The summed E-state index contributed by atoms with van der Waals surface area (Å²) in [5, 5.41) is 0. The predicted molar refractivity (Wildman–Crippen MR) is 103 cm³/mol. The molecule has 2 rings (SSSR count). The smallest absolute Gasteiger partial charge is 0.0909 e. The van der Waals surface area contributed by atoms with Crippen molar-refractivity contribution in [2.45, 2.75) is 32.1 Å². The Morgan fingerprint density at radius 2 is 1.83 bits per heavy atom. The molecule has 0 aliphatic rings. The lowest BCUT2D eigenvalue weighted by Crippen LogP contribution is -2.14. The molecule has 0 spiro atoms. The quantitative estimate of drug-likeness (QED) is 0.410. The first-order valence-electron chi connectivity index (χ1n) is 8.01. The lowest BCUT2D eigenvalue weighted by Gasteiger charge is -2.13. The Bertz CT molecular complexity index is 692. The van der Waals surface area contributed by atoms with Crippen LogP contribution in [-0.4, -0.2) is 31.1 Å². The normalized spacial score (nSPS) is 11.2. The first kappa shape index (κ1) is 17.6. The van der Waals surface area contributed by atoms with Crippen molar-refractivity contribution in [2.24, 2.45) is 4.99 Å². The van der Waals surface area contributed by atoms with Crippen LogP contribution in [0.5, 0.6) is 0 Å². The lowest BCUT2D eigenvalue weighted by atomic mass is 9.97. The molecule has 0 radical (unpaired) electrons. The topological polar surface area (TPSA) is 15.6 Å². The van der Waals surface area contributed by atoms with Crippen molar-refractivity contribution >= 4 is 23.8 Å². The van der Waals surface area contributed by atoms with Gasteiger partial charge in [-0.2, -0.15) is 0 Å². The summed E-state index contributed by atoms with van der Waals surface area (Å²) >= 11 is 1.81. The average Bonchev–Trinajstić information content (AvgIpc) is 2.56. The Balaban J connectivity index is 2.28. The highest BCUT2D eigenvalue weighted by molar-refractivity contribution is 7.98. The van der Waals surface area contributed by atoms with Crippen LogP contribution in [0.1, 0.15) is 29.2 Å². The number of nitrogens with zero attached hydrogens (tertiary/aromatic N) is 2. The molecule has 0 amide bonds. The predicted octanol–water partition coefficient (Wildman–Crippen LogP) is 5.23. The van der Waals surface area contributed by atoms with Crippen LogP contribution >= 0.6 is 11.8 Å². The molecule has 2 aromatic rings. The fourth-order valence-electron chi connectivity index (χ4n) is 2.49. The van der Waals surface area contributed by atoms with Crippen molar-refractivity contribution in [3.63, 3.8) is 0 Å². The Labute approximate surface area is 144 Å². The van der Waals surface area contributed by atoms with E-state index in [9.17, 15) is 0 Å². The number of benzene rings is 2. The second-order valence-electron chi connectivity index (χ2n) is 5.87. The van der Waals surface area contributed by atoms with Crippen LogP contribution in [0.15, 0.2) is 46.3 Å². The van der Waals surface area contributed by atoms with Gasteiger partial charge in [-0.05, 0) is 67.8 Å². The molecule has 0 bridgehead atoms. The van der Waals surface area contributed by atoms with Gasteiger partial charge in [0.05, 0.1) is 12.0 Å². The van der Waals surface area contributed by atoms with Gasteiger partial charge in [-0.3, -0.25) is 0 Å². The average molecular weight is 327 g/mol. The maximum Gasteiger partial charge on any atom is 0.0909 e. The summed E-state index contributed by atoms with van der Waals surface area (Å²) in [6.45, 7) is 7.41. The van der Waals surface area contributed by atoms with Gasteiger partial charge in [0.2, 0.25) is 0 Å². The number of hydrogen-bond acceptors (Lipinski definition) is 2. The van der Waals surface area contributed by atoms with E-state index in [1.165, 1.54) is 27.1 Å². The molecule has 2 aromatic carbocycles. The number of rotatable bonds is 6. The van der Waals surface area contributed by atoms with E-state index in [0.29, 0.717) is 0 Å². The Kier molecular flexibility index (Phi) is 6.28. The number of aryl methyl sites for hydroxylation is 2. The van der Waals surface area contributed by atoms with E-state index in [4.69, 9.17) is 0 Å². The highest BCUT2D eigenvalue weighted by atomic mass is 32.2. The summed E-state index contributed by atoms with van der Waals surface area (Å²) in [6, 6.07) is 13.1. The first-order valence-corrected chi connectivity index (χ1v) is 9.24. The van der Waals surface area contributed by atoms with Crippen molar-refractivity contribution in [2.75, 3.05) is 19.8 Å². The second kappa shape index (κ2) is 8.21. The van der Waals surface area contributed by atoms with Crippen LogP contribution < -0.4 is 0 Å². The van der Waals surface area contributed by atoms with Gasteiger partial charge >= 0.3 is 0 Å². The summed E-state index contributed by atoms with van der Waals surface area (Å²) < 4.78 is 0. The van der Waals surface area contributed by atoms with E-state index in [-0.39, 0.29) is 0 Å². The van der Waals surface area contributed by atoms with Crippen molar-refractivity contribution in [3.05, 3.63) is 58.7 Å². The van der Waals surface area contributed by atoms with Gasteiger partial charge in [-0.25, -0.2) is 4.99 Å². The molecule has 0 aliphatic carbocycles. The highest BCUT2D eigenvalue weighted by Crippen LogP contribution is 2.28. The van der Waals surface area contributed by atoms with Crippen LogP contribution in [0.25, 0.3) is 0 Å². The Morgan fingerprint density at radius 3 is 2.52 bits per heavy atom. The van der Waals surface area contributed by atoms with Gasteiger partial charge in [0.15, 0.2) is 0 Å². The number of hydrogen-bond donors (Lipinski definition) is 0. The molecular formula is C20H26N2S. The van der Waals surface area contributed by atoms with E-state index in [1.54, 1.807) is 0 Å². The van der Waals surface area contributed by atoms with Crippen molar-refractivity contribution in [1.29, 1.82) is 0 Å². The summed E-state index contributed by atoms with van der Waals surface area (Å²) in [5.41, 5.74) is 6.37. The second-order valence-corrected chi connectivity index (χ2v) is 6.72. The summed E-state index contributed by atoms with van der Waals surface area (Å²) in [7, 11) is 2.04. The molecule has 0 aromatic heterocycles. The van der Waals surface area contributed by atoms with Crippen LogP contribution in [0.2, 0.25) is 0 Å². The Hall–Kier alpha value is -1.74. The molecule has 2 nitrogen and oxygen atoms in total. The van der Waals surface area contributed by atoms with Gasteiger partial charge in [0, 0.05) is 18.5 Å². The van der Waals surface area contributed by atoms with Crippen LogP contribution in [0, 0.1) is 13.8 Å². The maximum atomic E-state index is 4.62. The van der Waals surface area contributed by atoms with Gasteiger partial charge in [-0.15, -0.1) is 11.8 Å². The van der Waals surface area contributed by atoms with Gasteiger partial charge in [-0.1, -0.05) is 24.3 Å². The van der Waals surface area contributed by atoms with Crippen LogP contribution in [-0.2, 0) is 6.42 Å². The third-order valence-corrected chi connectivity index (χ3v) is 4.96. The van der Waals surface area contributed by atoms with E-state index < -0.39 is 0 Å². The largest absolute Gasteiger partial charge is 0.366 e. The molecule has 0 saturated heterocycles. The summed E-state index contributed by atoms with van der Waals surface area (Å²) in [4.78, 5) is 8.05. The van der Waals surface area contributed by atoms with Crippen molar-refractivity contribution < 1.29 is 0 Å². The molecule has 0 unspecified atom stereocenters. The van der Waals surface area contributed by atoms with E-state index in [1.807, 2.05) is 25.1 Å². The zero-order chi connectivity index (χ0) is 16.8. The number of aliphatic imine (C=N–C) groups is 1. The molecule has 3 heteroatoms. The van der Waals surface area contributed by atoms with Crippen molar-refractivity contribution in [1.82, 2.24) is 4.90 Å². The highest BCUT2D eigenvalue weighted by Gasteiger charge is 2.07. The third kappa shape index (κ3) is 4.61. The molecule has 0 fully saturated rings. The standard InChI is InChI=1S/C20H26N2S/c1-6-22(4)14-21-19-12-15(2)18(11-16(19)3)13-17-9-7-8-10-20(17)23-5/h7-12,14H,6,13H2,1-5H3. The SMILES string of the molecule is CCN(C)C=Nc1cc(C)c(Cc2ccccc2SC)cc1C. The van der Waals surface area contributed by atoms with Gasteiger partial charge in [0.25, 0.3) is 0 Å². The number of thioether (sulfide) groups is 1. The zero-order valence-corrected chi connectivity index (χ0v) is 15.6. The third-order valence-electron chi connectivity index (χ3n) is 4.12. The molecule has 0 N–H and O–H groups in total.